The van der Waals surface area contributed by atoms with E-state index in [2.05, 4.69) is 73.7 Å². The van der Waals surface area contributed by atoms with E-state index in [4.69, 9.17) is 22.3 Å². The Kier molecular flexibility index (Phi) is 6.74. The van der Waals surface area contributed by atoms with Crippen molar-refractivity contribution in [2.75, 3.05) is 39.0 Å². The van der Waals surface area contributed by atoms with Gasteiger partial charge in [0.2, 0.25) is 0 Å². The van der Waals surface area contributed by atoms with Gasteiger partial charge in [0.05, 0.1) is 5.39 Å². The molecule has 1 saturated heterocycles. The van der Waals surface area contributed by atoms with Crippen LogP contribution in [0.4, 0.5) is 5.82 Å². The molecule has 0 amide bonds. The third-order valence-electron chi connectivity index (χ3n) is 9.13. The highest BCUT2D eigenvalue weighted by atomic mass is 35.5. The van der Waals surface area contributed by atoms with Crippen LogP contribution in [0, 0.1) is 0 Å². The van der Waals surface area contributed by atoms with Gasteiger partial charge in [-0.05, 0) is 68.1 Å². The molecule has 40 heavy (non-hydrogen) atoms. The van der Waals surface area contributed by atoms with Crippen molar-refractivity contribution in [2.24, 2.45) is 0 Å². The molecule has 2 N–H and O–H groups in total. The molecule has 206 valence electrons. The van der Waals surface area contributed by atoms with E-state index >= 15 is 0 Å². The predicted octanol–water partition coefficient (Wildman–Crippen LogP) is 6.07. The van der Waals surface area contributed by atoms with E-state index in [1.807, 2.05) is 18.2 Å². The van der Waals surface area contributed by atoms with Crippen LogP contribution < -0.4 is 5.73 Å². The third-order valence-corrected chi connectivity index (χ3v) is 9.50. The number of nitrogens with zero attached hydrogens (tertiary/aromatic N) is 6. The molecule has 3 aromatic heterocycles. The Morgan fingerprint density at radius 2 is 1.70 bits per heavy atom. The Labute approximate surface area is 240 Å². The number of anilines is 1. The molecule has 2 fully saturated rings. The molecule has 1 saturated carbocycles. The number of rotatable bonds is 5. The van der Waals surface area contributed by atoms with Crippen molar-refractivity contribution in [3.05, 3.63) is 77.8 Å². The number of hydrogen-bond donors (Lipinski definition) is 1. The van der Waals surface area contributed by atoms with Crippen LogP contribution in [0.2, 0.25) is 5.02 Å². The van der Waals surface area contributed by atoms with Crippen molar-refractivity contribution in [1.29, 1.82) is 0 Å². The Morgan fingerprint density at radius 1 is 0.925 bits per heavy atom. The van der Waals surface area contributed by atoms with Crippen molar-refractivity contribution in [3.8, 4) is 11.1 Å². The van der Waals surface area contributed by atoms with Crippen molar-refractivity contribution in [2.45, 2.75) is 44.3 Å². The first-order valence-electron chi connectivity index (χ1n) is 14.4. The van der Waals surface area contributed by atoms with Gasteiger partial charge in [-0.25, -0.2) is 9.97 Å². The lowest BCUT2D eigenvalue weighted by atomic mass is 9.89. The largest absolute Gasteiger partial charge is 0.383 e. The number of likely N-dealkylation sites (N-methyl/N-ethyl adjacent to an activating group) is 1. The maximum atomic E-state index is 6.49. The van der Waals surface area contributed by atoms with E-state index in [9.17, 15) is 0 Å². The predicted molar refractivity (Wildman–Crippen MR) is 164 cm³/mol. The number of nitrogen functional groups attached to an aromatic ring is 1. The summed E-state index contributed by atoms with van der Waals surface area (Å²) in [5, 5.41) is 2.94. The Bertz CT molecular complexity index is 1650. The van der Waals surface area contributed by atoms with Gasteiger partial charge in [0.25, 0.3) is 0 Å². The molecule has 0 spiro atoms. The summed E-state index contributed by atoms with van der Waals surface area (Å²) in [4.78, 5) is 14.3. The van der Waals surface area contributed by atoms with Crippen LogP contribution in [-0.2, 0) is 6.54 Å². The first kappa shape index (κ1) is 25.6. The second-order valence-corrected chi connectivity index (χ2v) is 11.9. The van der Waals surface area contributed by atoms with Gasteiger partial charge in [-0.15, -0.1) is 0 Å². The fourth-order valence-corrected chi connectivity index (χ4v) is 7.01. The molecule has 2 aliphatic rings. The van der Waals surface area contributed by atoms with E-state index in [-0.39, 0.29) is 0 Å². The van der Waals surface area contributed by atoms with Crippen LogP contribution in [0.5, 0.6) is 0 Å². The lowest BCUT2D eigenvalue weighted by Crippen LogP contribution is -2.49. The van der Waals surface area contributed by atoms with E-state index in [0.29, 0.717) is 17.9 Å². The number of fused-ring (bicyclic) bond motifs is 2. The van der Waals surface area contributed by atoms with Crippen molar-refractivity contribution in [1.82, 2.24) is 28.9 Å². The molecule has 8 heteroatoms. The molecule has 0 bridgehead atoms. The zero-order chi connectivity index (χ0) is 27.2. The number of hydrogen-bond acceptors (Lipinski definition) is 5. The fraction of sp³-hybridized carbons (Fsp3) is 0.375. The molecule has 1 aliphatic heterocycles. The first-order valence-corrected chi connectivity index (χ1v) is 14.8. The molecule has 4 heterocycles. The number of nitrogens with two attached hydrogens (primary N) is 1. The summed E-state index contributed by atoms with van der Waals surface area (Å²) in [5.74, 6) is 0.543. The molecule has 1 aliphatic carbocycles. The second kappa shape index (κ2) is 10.5. The zero-order valence-electron chi connectivity index (χ0n) is 23.0. The maximum absolute atomic E-state index is 6.49. The summed E-state index contributed by atoms with van der Waals surface area (Å²) < 4.78 is 4.63. The average molecular weight is 554 g/mol. The average Bonchev–Trinajstić information content (AvgIpc) is 3.57. The van der Waals surface area contributed by atoms with Crippen molar-refractivity contribution in [3.63, 3.8) is 0 Å². The highest BCUT2D eigenvalue weighted by molar-refractivity contribution is 6.31. The minimum absolute atomic E-state index is 0.426. The minimum Gasteiger partial charge on any atom is -0.383 e. The van der Waals surface area contributed by atoms with Crippen LogP contribution in [-0.4, -0.2) is 68.2 Å². The lowest BCUT2D eigenvalue weighted by molar-refractivity contribution is 0.0828. The summed E-state index contributed by atoms with van der Waals surface area (Å²) in [7, 11) is 2.23. The quantitative estimate of drug-likeness (QED) is 0.286. The van der Waals surface area contributed by atoms with Gasteiger partial charge in [-0.1, -0.05) is 35.9 Å². The SMILES string of the molecule is CN1CCN(C2CCC(n3cc(-c4ccc5c(ccn5Cc5ccccc5Cl)c4)c4c(N)ncnc43)CC2)CC1. The van der Waals surface area contributed by atoms with E-state index in [1.54, 1.807) is 6.33 Å². The summed E-state index contributed by atoms with van der Waals surface area (Å²) in [6, 6.07) is 18.0. The van der Waals surface area contributed by atoms with E-state index < -0.39 is 0 Å². The zero-order valence-corrected chi connectivity index (χ0v) is 23.8. The molecular weight excluding hydrogens is 518 g/mol. The maximum Gasteiger partial charge on any atom is 0.146 e. The summed E-state index contributed by atoms with van der Waals surface area (Å²) in [6.07, 6.45) is 10.8. The molecule has 0 unspecified atom stereocenters. The Morgan fingerprint density at radius 3 is 2.50 bits per heavy atom. The normalized spacial score (nSPS) is 20.9. The van der Waals surface area contributed by atoms with Gasteiger partial charge in [-0.2, -0.15) is 0 Å². The smallest absolute Gasteiger partial charge is 0.146 e. The topological polar surface area (TPSA) is 68.1 Å². The molecule has 5 aromatic rings. The summed E-state index contributed by atoms with van der Waals surface area (Å²) in [5.41, 5.74) is 12.0. The molecule has 7 nitrogen and oxygen atoms in total. The van der Waals surface area contributed by atoms with Crippen LogP contribution >= 0.6 is 11.6 Å². The third kappa shape index (κ3) is 4.66. The van der Waals surface area contributed by atoms with Crippen LogP contribution in [0.1, 0.15) is 37.3 Å². The highest BCUT2D eigenvalue weighted by Gasteiger charge is 2.30. The number of piperazine rings is 1. The molecular formula is C32H36ClN7. The molecule has 2 aromatic carbocycles. The standard InChI is InChI=1S/C32H36ClN7/c1-37-14-16-38(17-15-37)25-7-9-26(10-8-25)40-20-27(30-31(34)35-21-36-32(30)40)22-6-11-29-23(18-22)12-13-39(29)19-24-4-2-3-5-28(24)33/h2-6,11-13,18,20-21,25-26H,7-10,14-17,19H2,1H3,(H2,34,35,36). The van der Waals surface area contributed by atoms with Crippen molar-refractivity contribution < 1.29 is 0 Å². The van der Waals surface area contributed by atoms with Crippen molar-refractivity contribution >= 4 is 39.4 Å². The number of benzene rings is 2. The van der Waals surface area contributed by atoms with Crippen LogP contribution in [0.25, 0.3) is 33.1 Å². The van der Waals surface area contributed by atoms with Crippen LogP contribution in [0.3, 0.4) is 0 Å². The van der Waals surface area contributed by atoms with Gasteiger partial charge in [-0.3, -0.25) is 4.90 Å². The van der Waals surface area contributed by atoms with Gasteiger partial charge >= 0.3 is 0 Å². The number of halogens is 1. The summed E-state index contributed by atoms with van der Waals surface area (Å²) >= 11 is 6.44. The van der Waals surface area contributed by atoms with E-state index in [1.165, 1.54) is 49.9 Å². The molecule has 0 radical (unpaired) electrons. The first-order chi connectivity index (χ1) is 19.5. The van der Waals surface area contributed by atoms with Crippen LogP contribution in [0.15, 0.2) is 67.3 Å². The lowest BCUT2D eigenvalue weighted by Gasteiger charge is -2.41. The monoisotopic (exact) mass is 553 g/mol. The van der Waals surface area contributed by atoms with Gasteiger partial charge in [0, 0.05) is 78.7 Å². The van der Waals surface area contributed by atoms with Gasteiger partial charge in [0.1, 0.15) is 17.8 Å². The fourth-order valence-electron chi connectivity index (χ4n) is 6.81. The molecule has 0 atom stereocenters. The highest BCUT2D eigenvalue weighted by Crippen LogP contribution is 2.39. The molecule has 7 rings (SSSR count). The summed E-state index contributed by atoms with van der Waals surface area (Å²) in [6.45, 7) is 5.47. The Balaban J connectivity index is 1.18. The van der Waals surface area contributed by atoms with Gasteiger partial charge in [0.15, 0.2) is 0 Å². The van der Waals surface area contributed by atoms with E-state index in [0.717, 1.165) is 52.1 Å². The second-order valence-electron chi connectivity index (χ2n) is 11.5. The Hall–Kier alpha value is -3.39. The van der Waals surface area contributed by atoms with Gasteiger partial charge < -0.3 is 19.8 Å². The minimum atomic E-state index is 0.426. The number of aromatic nitrogens is 4.